The Bertz CT molecular complexity index is 893. The molecule has 2 saturated carbocycles. The Morgan fingerprint density at radius 2 is 2.00 bits per heavy atom. The van der Waals surface area contributed by atoms with E-state index >= 15 is 0 Å². The normalized spacial score (nSPS) is 27.9. The first-order valence-electron chi connectivity index (χ1n) is 9.15. The summed E-state index contributed by atoms with van der Waals surface area (Å²) in [6.45, 7) is 6.97. The van der Waals surface area contributed by atoms with Gasteiger partial charge in [0.25, 0.3) is 0 Å². The van der Waals surface area contributed by atoms with Crippen LogP contribution in [-0.4, -0.2) is 37.6 Å². The Hall–Kier alpha value is -1.51. The van der Waals surface area contributed by atoms with Gasteiger partial charge in [-0.25, -0.2) is 12.7 Å². The molecule has 0 heterocycles. The second-order valence-corrected chi connectivity index (χ2v) is 11.0. The van der Waals surface area contributed by atoms with Gasteiger partial charge in [0.05, 0.1) is 4.90 Å². The molecule has 8 heteroatoms. The molecule has 0 spiro atoms. The van der Waals surface area contributed by atoms with Crippen LogP contribution in [0.5, 0.6) is 0 Å². The molecule has 0 unspecified atom stereocenters. The number of hydrogen-bond acceptors (Lipinski definition) is 4. The van der Waals surface area contributed by atoms with Crippen LogP contribution in [0.25, 0.3) is 0 Å². The minimum atomic E-state index is -3.49. The van der Waals surface area contributed by atoms with Crippen molar-refractivity contribution in [3.63, 3.8) is 0 Å². The summed E-state index contributed by atoms with van der Waals surface area (Å²) in [6, 6.07) is 6.60. The molecular formula is C19H28N4O2S2. The van der Waals surface area contributed by atoms with Gasteiger partial charge in [0.15, 0.2) is 5.11 Å². The first-order chi connectivity index (χ1) is 12.5. The summed E-state index contributed by atoms with van der Waals surface area (Å²) in [7, 11) is -0.467. The van der Waals surface area contributed by atoms with Gasteiger partial charge in [0, 0.05) is 30.9 Å². The van der Waals surface area contributed by atoms with Gasteiger partial charge in [-0.3, -0.25) is 5.43 Å². The molecular weight excluding hydrogens is 380 g/mol. The van der Waals surface area contributed by atoms with Crippen molar-refractivity contribution < 1.29 is 8.42 Å². The van der Waals surface area contributed by atoms with E-state index in [1.807, 2.05) is 0 Å². The van der Waals surface area contributed by atoms with E-state index < -0.39 is 10.0 Å². The Morgan fingerprint density at radius 3 is 2.56 bits per heavy atom. The maximum absolute atomic E-state index is 12.3. The standard InChI is InChI=1S/C19H28N4O2S2/c1-18(2)13-9-10-19(18,3)16(11-13)21-22-17(26)20-14-7-6-8-15(12-14)27(24,25)23(4)5/h6-8,12-13H,9-11H2,1-5H3,(H2,20,22,26)/b21-16-/t13-,19-/m0/s1. The van der Waals surface area contributed by atoms with E-state index in [1.165, 1.54) is 30.5 Å². The average molecular weight is 409 g/mol. The molecule has 148 valence electrons. The molecule has 2 bridgehead atoms. The fourth-order valence-electron chi connectivity index (χ4n) is 4.32. The molecule has 2 fully saturated rings. The molecule has 27 heavy (non-hydrogen) atoms. The summed E-state index contributed by atoms with van der Waals surface area (Å²) < 4.78 is 25.7. The molecule has 2 atom stereocenters. The summed E-state index contributed by atoms with van der Waals surface area (Å²) in [5, 5.41) is 7.98. The second-order valence-electron chi connectivity index (χ2n) is 8.43. The largest absolute Gasteiger partial charge is 0.331 e. The maximum atomic E-state index is 12.3. The number of nitrogens with one attached hydrogen (secondary N) is 2. The molecule has 0 saturated heterocycles. The molecule has 0 radical (unpaired) electrons. The van der Waals surface area contributed by atoms with E-state index in [9.17, 15) is 8.42 Å². The van der Waals surface area contributed by atoms with Crippen LogP contribution in [0.4, 0.5) is 5.69 Å². The fraction of sp³-hybridized carbons (Fsp3) is 0.579. The number of anilines is 1. The summed E-state index contributed by atoms with van der Waals surface area (Å²) in [6.07, 6.45) is 3.43. The van der Waals surface area contributed by atoms with Crippen LogP contribution in [0.15, 0.2) is 34.3 Å². The minimum absolute atomic E-state index is 0.111. The van der Waals surface area contributed by atoms with Gasteiger partial charge in [-0.15, -0.1) is 0 Å². The van der Waals surface area contributed by atoms with Crippen LogP contribution in [0.2, 0.25) is 0 Å². The SMILES string of the molecule is CN(C)S(=O)(=O)c1cccc(NC(=S)N/N=C2/C[C@@H]3CC[C@]2(C)C3(C)C)c1. The molecule has 2 N–H and O–H groups in total. The summed E-state index contributed by atoms with van der Waals surface area (Å²) in [5.41, 5.74) is 5.11. The number of hydrogen-bond donors (Lipinski definition) is 2. The Labute approximate surface area is 167 Å². The lowest BCUT2D eigenvalue weighted by Crippen LogP contribution is -2.35. The molecule has 6 nitrogen and oxygen atoms in total. The minimum Gasteiger partial charge on any atom is -0.331 e. The third-order valence-corrected chi connectivity index (χ3v) is 8.68. The number of fused-ring (bicyclic) bond motifs is 2. The topological polar surface area (TPSA) is 73.8 Å². The summed E-state index contributed by atoms with van der Waals surface area (Å²) >= 11 is 5.35. The van der Waals surface area contributed by atoms with E-state index in [-0.39, 0.29) is 15.7 Å². The lowest BCUT2D eigenvalue weighted by atomic mass is 9.70. The van der Waals surface area contributed by atoms with Crippen LogP contribution >= 0.6 is 12.2 Å². The van der Waals surface area contributed by atoms with E-state index in [0.29, 0.717) is 16.7 Å². The zero-order valence-electron chi connectivity index (χ0n) is 16.5. The maximum Gasteiger partial charge on any atom is 0.242 e. The van der Waals surface area contributed by atoms with E-state index in [1.54, 1.807) is 24.3 Å². The van der Waals surface area contributed by atoms with Crippen molar-refractivity contribution in [3.8, 4) is 0 Å². The van der Waals surface area contributed by atoms with Gasteiger partial charge < -0.3 is 5.32 Å². The predicted octanol–water partition coefficient (Wildman–Crippen LogP) is 3.43. The van der Waals surface area contributed by atoms with Gasteiger partial charge in [0.2, 0.25) is 10.0 Å². The molecule has 1 aromatic rings. The number of hydrazone groups is 1. The van der Waals surface area contributed by atoms with Gasteiger partial charge in [-0.05, 0) is 61.0 Å². The summed E-state index contributed by atoms with van der Waals surface area (Å²) in [4.78, 5) is 0.217. The highest BCUT2D eigenvalue weighted by atomic mass is 32.2. The van der Waals surface area contributed by atoms with Crippen LogP contribution in [-0.2, 0) is 10.0 Å². The van der Waals surface area contributed by atoms with Crippen LogP contribution in [0.1, 0.15) is 40.0 Å². The predicted molar refractivity (Wildman–Crippen MR) is 113 cm³/mol. The van der Waals surface area contributed by atoms with Crippen molar-refractivity contribution in [2.45, 2.75) is 44.9 Å². The Balaban J connectivity index is 1.70. The first-order valence-corrected chi connectivity index (χ1v) is 11.0. The van der Waals surface area contributed by atoms with Gasteiger partial charge in [0.1, 0.15) is 0 Å². The van der Waals surface area contributed by atoms with E-state index in [2.05, 4.69) is 36.6 Å². The molecule has 1 aromatic carbocycles. The lowest BCUT2D eigenvalue weighted by Gasteiger charge is -2.34. The quantitative estimate of drug-likeness (QED) is 0.590. The first kappa shape index (κ1) is 20.2. The van der Waals surface area contributed by atoms with Crippen molar-refractivity contribution in [1.29, 1.82) is 0 Å². The summed E-state index contributed by atoms with van der Waals surface area (Å²) in [5.74, 6) is 0.678. The highest BCUT2D eigenvalue weighted by Crippen LogP contribution is 2.63. The average Bonchev–Trinajstić information content (AvgIpc) is 2.93. The van der Waals surface area contributed by atoms with E-state index in [0.717, 1.165) is 12.8 Å². The number of nitrogens with zero attached hydrogens (tertiary/aromatic N) is 2. The monoisotopic (exact) mass is 408 g/mol. The van der Waals surface area contributed by atoms with Gasteiger partial charge in [-0.1, -0.05) is 26.8 Å². The van der Waals surface area contributed by atoms with E-state index in [4.69, 9.17) is 12.2 Å². The second kappa shape index (κ2) is 6.83. The van der Waals surface area contributed by atoms with Crippen LogP contribution in [0, 0.1) is 16.7 Å². The van der Waals surface area contributed by atoms with Crippen molar-refractivity contribution in [2.75, 3.05) is 19.4 Å². The molecule has 2 aliphatic carbocycles. The Kier molecular flexibility index (Phi) is 5.12. The van der Waals surface area contributed by atoms with Crippen LogP contribution < -0.4 is 10.7 Å². The third-order valence-electron chi connectivity index (χ3n) is 6.68. The zero-order valence-corrected chi connectivity index (χ0v) is 18.2. The number of benzene rings is 1. The Morgan fingerprint density at radius 1 is 1.30 bits per heavy atom. The van der Waals surface area contributed by atoms with Crippen molar-refractivity contribution >= 4 is 38.8 Å². The molecule has 2 aliphatic rings. The number of rotatable bonds is 4. The van der Waals surface area contributed by atoms with Crippen molar-refractivity contribution in [2.24, 2.45) is 21.8 Å². The highest BCUT2D eigenvalue weighted by molar-refractivity contribution is 7.89. The molecule has 3 rings (SSSR count). The lowest BCUT2D eigenvalue weighted by molar-refractivity contribution is 0.193. The molecule has 0 aromatic heterocycles. The van der Waals surface area contributed by atoms with Gasteiger partial charge in [-0.2, -0.15) is 5.10 Å². The zero-order chi connectivity index (χ0) is 20.0. The fourth-order valence-corrected chi connectivity index (χ4v) is 5.43. The van der Waals surface area contributed by atoms with Gasteiger partial charge >= 0.3 is 0 Å². The molecule has 0 amide bonds. The van der Waals surface area contributed by atoms with Crippen molar-refractivity contribution in [1.82, 2.24) is 9.73 Å². The number of thiocarbonyl (C=S) groups is 1. The molecule has 0 aliphatic heterocycles. The number of sulfonamides is 1. The highest BCUT2D eigenvalue weighted by Gasteiger charge is 2.59. The van der Waals surface area contributed by atoms with Crippen LogP contribution in [0.3, 0.4) is 0 Å². The smallest absolute Gasteiger partial charge is 0.242 e. The van der Waals surface area contributed by atoms with Crippen molar-refractivity contribution in [3.05, 3.63) is 24.3 Å². The third kappa shape index (κ3) is 3.39.